The van der Waals surface area contributed by atoms with Crippen LogP contribution in [0.5, 0.6) is 11.5 Å². The van der Waals surface area contributed by atoms with E-state index in [9.17, 15) is 4.57 Å². The maximum atomic E-state index is 13.1. The normalized spacial score (nSPS) is 11.2. The van der Waals surface area contributed by atoms with Crippen LogP contribution in [0, 0.1) is 0 Å². The molecule has 0 fully saturated rings. The van der Waals surface area contributed by atoms with E-state index in [1.165, 1.54) is 0 Å². The molecule has 0 N–H and O–H groups in total. The van der Waals surface area contributed by atoms with Gasteiger partial charge in [0.25, 0.3) is 0 Å². The monoisotopic (exact) mass is 334 g/mol. The van der Waals surface area contributed by atoms with E-state index in [4.69, 9.17) is 13.8 Å². The van der Waals surface area contributed by atoms with Gasteiger partial charge in [0, 0.05) is 6.61 Å². The van der Waals surface area contributed by atoms with Crippen LogP contribution in [0.3, 0.4) is 0 Å². The first-order chi connectivity index (χ1) is 11.2. The summed E-state index contributed by atoms with van der Waals surface area (Å²) in [5.41, 5.74) is 0. The van der Waals surface area contributed by atoms with Crippen LogP contribution in [0.4, 0.5) is 0 Å². The Kier molecular flexibility index (Phi) is 7.18. The number of hydrogen-bond acceptors (Lipinski definition) is 4. The number of unbranched alkanes of at least 4 members (excludes halogenated alkanes) is 1. The molecule has 124 valence electrons. The van der Waals surface area contributed by atoms with Gasteiger partial charge in [0.15, 0.2) is 0 Å². The summed E-state index contributed by atoms with van der Waals surface area (Å²) < 4.78 is 29.9. The summed E-state index contributed by atoms with van der Waals surface area (Å²) in [6, 6.07) is 18.1. The minimum absolute atomic E-state index is 0.209. The van der Waals surface area contributed by atoms with Gasteiger partial charge in [-0.3, -0.25) is 0 Å². The second kappa shape index (κ2) is 9.39. The van der Waals surface area contributed by atoms with E-state index in [-0.39, 0.29) is 6.16 Å². The van der Waals surface area contributed by atoms with Crippen molar-refractivity contribution in [2.45, 2.75) is 19.8 Å². The van der Waals surface area contributed by atoms with Gasteiger partial charge >= 0.3 is 7.60 Å². The van der Waals surface area contributed by atoms with Crippen molar-refractivity contribution in [2.75, 3.05) is 19.4 Å². The number of benzene rings is 2. The number of ether oxygens (including phenoxy) is 1. The largest absolute Gasteiger partial charge is 0.433 e. The van der Waals surface area contributed by atoms with Crippen LogP contribution in [-0.2, 0) is 9.30 Å². The van der Waals surface area contributed by atoms with Crippen molar-refractivity contribution in [1.29, 1.82) is 0 Å². The molecule has 2 aromatic rings. The van der Waals surface area contributed by atoms with E-state index in [1.807, 2.05) is 36.4 Å². The van der Waals surface area contributed by atoms with Crippen molar-refractivity contribution in [3.8, 4) is 11.5 Å². The van der Waals surface area contributed by atoms with Crippen LogP contribution in [0.2, 0.25) is 0 Å². The Labute approximate surface area is 137 Å². The molecule has 0 aliphatic carbocycles. The summed E-state index contributed by atoms with van der Waals surface area (Å²) in [6.07, 6.45) is 2.27. The topological polar surface area (TPSA) is 44.8 Å². The van der Waals surface area contributed by atoms with Gasteiger partial charge in [-0.05, 0) is 30.7 Å². The zero-order valence-corrected chi connectivity index (χ0v) is 14.3. The van der Waals surface area contributed by atoms with Crippen LogP contribution >= 0.6 is 7.60 Å². The van der Waals surface area contributed by atoms with Gasteiger partial charge in [0.05, 0.1) is 12.8 Å². The fourth-order valence-corrected chi connectivity index (χ4v) is 3.38. The molecule has 4 nitrogen and oxygen atoms in total. The fourth-order valence-electron chi connectivity index (χ4n) is 1.92. The minimum atomic E-state index is -3.34. The number of hydrogen-bond donors (Lipinski definition) is 0. The lowest BCUT2D eigenvalue weighted by molar-refractivity contribution is 0.143. The van der Waals surface area contributed by atoms with Crippen molar-refractivity contribution in [1.82, 2.24) is 0 Å². The SMILES string of the molecule is CCCCOCCP(=O)(Oc1ccccc1)Oc1ccccc1. The Morgan fingerprint density at radius 2 is 1.35 bits per heavy atom. The standard InChI is InChI=1S/C18H23O4P/c1-2-3-14-20-15-16-23(19,21-17-10-6-4-7-11-17)22-18-12-8-5-9-13-18/h4-13H,2-3,14-16H2,1H3. The molecule has 0 amide bonds. The Bertz CT molecular complexity index is 555. The van der Waals surface area contributed by atoms with Crippen molar-refractivity contribution in [3.63, 3.8) is 0 Å². The molecule has 0 bridgehead atoms. The summed E-state index contributed by atoms with van der Waals surface area (Å²) in [5.74, 6) is 1.06. The predicted molar refractivity (Wildman–Crippen MR) is 92.3 cm³/mol. The highest BCUT2D eigenvalue weighted by atomic mass is 31.2. The average molecular weight is 334 g/mol. The quantitative estimate of drug-likeness (QED) is 0.445. The van der Waals surface area contributed by atoms with Gasteiger partial charge in [-0.2, -0.15) is 0 Å². The third-order valence-corrected chi connectivity index (χ3v) is 4.84. The molecule has 0 heterocycles. The van der Waals surface area contributed by atoms with Gasteiger partial charge in [0.1, 0.15) is 11.5 Å². The Hall–Kier alpha value is -1.77. The van der Waals surface area contributed by atoms with Crippen molar-refractivity contribution < 1.29 is 18.3 Å². The zero-order chi connectivity index (χ0) is 16.4. The van der Waals surface area contributed by atoms with E-state index in [2.05, 4.69) is 6.92 Å². The second-order valence-electron chi connectivity index (χ2n) is 5.11. The molecule has 0 aromatic heterocycles. The van der Waals surface area contributed by atoms with E-state index < -0.39 is 7.60 Å². The van der Waals surface area contributed by atoms with Crippen LogP contribution in [-0.4, -0.2) is 19.4 Å². The van der Waals surface area contributed by atoms with Crippen LogP contribution in [0.25, 0.3) is 0 Å². The minimum Gasteiger partial charge on any atom is -0.416 e. The highest BCUT2D eigenvalue weighted by Crippen LogP contribution is 2.48. The molecule has 23 heavy (non-hydrogen) atoms. The molecule has 2 rings (SSSR count). The van der Waals surface area contributed by atoms with Gasteiger partial charge in [-0.25, -0.2) is 4.57 Å². The molecule has 5 heteroatoms. The van der Waals surface area contributed by atoms with Crippen molar-refractivity contribution in [3.05, 3.63) is 60.7 Å². The third kappa shape index (κ3) is 6.47. The van der Waals surface area contributed by atoms with Crippen LogP contribution in [0.1, 0.15) is 19.8 Å². The lowest BCUT2D eigenvalue weighted by atomic mass is 10.3. The van der Waals surface area contributed by atoms with Crippen LogP contribution < -0.4 is 9.05 Å². The fraction of sp³-hybridized carbons (Fsp3) is 0.333. The van der Waals surface area contributed by atoms with Crippen LogP contribution in [0.15, 0.2) is 60.7 Å². The molecule has 0 atom stereocenters. The van der Waals surface area contributed by atoms with E-state index in [1.54, 1.807) is 24.3 Å². The summed E-state index contributed by atoms with van der Waals surface area (Å²) in [6.45, 7) is 3.11. The number of para-hydroxylation sites is 2. The van der Waals surface area contributed by atoms with E-state index in [0.29, 0.717) is 24.7 Å². The molecule has 0 radical (unpaired) electrons. The molecular weight excluding hydrogens is 311 g/mol. The second-order valence-corrected chi connectivity index (χ2v) is 7.14. The summed E-state index contributed by atoms with van der Waals surface area (Å²) in [7, 11) is -3.34. The smallest absolute Gasteiger partial charge is 0.416 e. The molecule has 0 spiro atoms. The third-order valence-electron chi connectivity index (χ3n) is 3.13. The molecule has 0 saturated heterocycles. The van der Waals surface area contributed by atoms with E-state index in [0.717, 1.165) is 12.8 Å². The zero-order valence-electron chi connectivity index (χ0n) is 13.4. The maximum Gasteiger partial charge on any atom is 0.433 e. The van der Waals surface area contributed by atoms with Gasteiger partial charge in [0.2, 0.25) is 0 Å². The molecule has 2 aromatic carbocycles. The average Bonchev–Trinajstić information content (AvgIpc) is 2.56. The summed E-state index contributed by atoms with van der Waals surface area (Å²) in [4.78, 5) is 0. The van der Waals surface area contributed by atoms with Gasteiger partial charge < -0.3 is 13.8 Å². The lowest BCUT2D eigenvalue weighted by Crippen LogP contribution is -2.10. The Morgan fingerprint density at radius 1 is 0.826 bits per heavy atom. The predicted octanol–water partition coefficient (Wildman–Crippen LogP) is 5.15. The maximum absolute atomic E-state index is 13.1. The first-order valence-corrected chi connectivity index (χ1v) is 9.61. The Morgan fingerprint density at radius 3 is 1.83 bits per heavy atom. The van der Waals surface area contributed by atoms with Gasteiger partial charge in [-0.1, -0.05) is 49.7 Å². The van der Waals surface area contributed by atoms with Gasteiger partial charge in [-0.15, -0.1) is 0 Å². The van der Waals surface area contributed by atoms with Crippen molar-refractivity contribution >= 4 is 7.60 Å². The van der Waals surface area contributed by atoms with E-state index >= 15 is 0 Å². The summed E-state index contributed by atoms with van der Waals surface area (Å²) in [5, 5.41) is 0. The molecular formula is C18H23O4P. The van der Waals surface area contributed by atoms with Crippen molar-refractivity contribution in [2.24, 2.45) is 0 Å². The molecule has 0 aliphatic heterocycles. The lowest BCUT2D eigenvalue weighted by Gasteiger charge is -2.20. The number of rotatable bonds is 10. The molecule has 0 saturated carbocycles. The first kappa shape index (κ1) is 17.6. The highest BCUT2D eigenvalue weighted by molar-refractivity contribution is 7.54. The molecule has 0 unspecified atom stereocenters. The Balaban J connectivity index is 2.02. The first-order valence-electron chi connectivity index (χ1n) is 7.88. The molecule has 0 aliphatic rings. The highest BCUT2D eigenvalue weighted by Gasteiger charge is 2.28. The summed E-state index contributed by atoms with van der Waals surface area (Å²) >= 11 is 0.